The van der Waals surface area contributed by atoms with Gasteiger partial charge in [0.2, 0.25) is 5.91 Å². The number of amides is 2. The van der Waals surface area contributed by atoms with Gasteiger partial charge >= 0.3 is 6.09 Å². The number of primary amides is 1. The molecule has 0 heterocycles. The van der Waals surface area contributed by atoms with Crippen LogP contribution in [0.25, 0.3) is 0 Å². The number of rotatable bonds is 19. The minimum absolute atomic E-state index is 0.0305. The van der Waals surface area contributed by atoms with Crippen LogP contribution in [0.1, 0.15) is 103 Å². The van der Waals surface area contributed by atoms with Gasteiger partial charge in [-0.05, 0) is 76.7 Å². The smallest absolute Gasteiger partial charge is 0.407 e. The molecule has 0 saturated heterocycles. The van der Waals surface area contributed by atoms with E-state index in [-0.39, 0.29) is 36.5 Å². The van der Waals surface area contributed by atoms with Crippen LogP contribution in [0.4, 0.5) is 4.79 Å². The van der Waals surface area contributed by atoms with Gasteiger partial charge in [0.05, 0.1) is 18.2 Å². The van der Waals surface area contributed by atoms with Crippen molar-refractivity contribution in [1.29, 1.82) is 0 Å². The van der Waals surface area contributed by atoms with E-state index in [0.29, 0.717) is 25.2 Å². The number of nitrogens with two attached hydrogens (primary N) is 1. The molecule has 0 bridgehead atoms. The van der Waals surface area contributed by atoms with E-state index in [2.05, 4.69) is 18.5 Å². The first-order chi connectivity index (χ1) is 20.8. The molecule has 5 unspecified atom stereocenters. The second-order valence-corrected chi connectivity index (χ2v) is 13.6. The number of allylic oxidation sites excluding steroid dienone is 1. The molecule has 1 aromatic rings. The standard InChI is InChI=1S/C36H56N2O6/c1-6-7-10-19-28(23-33(41)30(22-27-17-13-9-14-18-27)38-35(43)44-36(3,4)5)32(40)24-29(21-26-15-11-8-12-16-26)31(39)20-25(2)34(37)42/h6,9,13-14,17-18,26,28-31,33,39,41H,1-2,7-8,10-12,15-16,19-24H2,3-5H3,(H2,37,42)(H,38,43). The van der Waals surface area contributed by atoms with Gasteiger partial charge in [-0.2, -0.15) is 0 Å². The van der Waals surface area contributed by atoms with Crippen molar-refractivity contribution < 1.29 is 29.3 Å². The van der Waals surface area contributed by atoms with Gasteiger partial charge in [0, 0.05) is 24.3 Å². The molecule has 1 saturated carbocycles. The van der Waals surface area contributed by atoms with Crippen molar-refractivity contribution in [2.45, 2.75) is 128 Å². The highest BCUT2D eigenvalue weighted by molar-refractivity contribution is 5.91. The number of Topliss-reactive ketones (excluding diaryl/α,β-unsaturated/α-hetero) is 1. The van der Waals surface area contributed by atoms with Gasteiger partial charge in [0.1, 0.15) is 11.4 Å². The number of carbonyl (C=O) groups is 3. The first kappa shape index (κ1) is 37.2. The van der Waals surface area contributed by atoms with Crippen LogP contribution in [0.3, 0.4) is 0 Å². The summed E-state index contributed by atoms with van der Waals surface area (Å²) in [6, 6.07) is 8.89. The van der Waals surface area contributed by atoms with Crippen LogP contribution in [-0.2, 0) is 20.7 Å². The summed E-state index contributed by atoms with van der Waals surface area (Å²) in [6.45, 7) is 12.9. The Hall–Kier alpha value is -2.97. The highest BCUT2D eigenvalue weighted by Crippen LogP contribution is 2.34. The van der Waals surface area contributed by atoms with Crippen molar-refractivity contribution in [2.24, 2.45) is 23.5 Å². The van der Waals surface area contributed by atoms with Gasteiger partial charge in [0.15, 0.2) is 0 Å². The Kier molecular flexibility index (Phi) is 15.9. The van der Waals surface area contributed by atoms with Crippen molar-refractivity contribution in [3.05, 3.63) is 60.7 Å². The van der Waals surface area contributed by atoms with E-state index >= 15 is 0 Å². The fourth-order valence-electron chi connectivity index (χ4n) is 6.16. The summed E-state index contributed by atoms with van der Waals surface area (Å²) in [5.74, 6) is -1.10. The Labute approximate surface area is 264 Å². The minimum atomic E-state index is -1.02. The summed E-state index contributed by atoms with van der Waals surface area (Å²) < 4.78 is 5.48. The molecule has 5 N–H and O–H groups in total. The molecule has 246 valence electrons. The molecule has 8 heteroatoms. The molecule has 8 nitrogen and oxygen atoms in total. The molecule has 1 aliphatic carbocycles. The third-order valence-corrected chi connectivity index (χ3v) is 8.58. The maximum Gasteiger partial charge on any atom is 0.407 e. The predicted octanol–water partition coefficient (Wildman–Crippen LogP) is 6.18. The highest BCUT2D eigenvalue weighted by atomic mass is 16.6. The molecular formula is C36H56N2O6. The topological polar surface area (TPSA) is 139 Å². The van der Waals surface area contributed by atoms with Crippen LogP contribution in [0.2, 0.25) is 0 Å². The van der Waals surface area contributed by atoms with Crippen molar-refractivity contribution in [3.63, 3.8) is 0 Å². The number of carbonyl (C=O) groups excluding carboxylic acids is 3. The van der Waals surface area contributed by atoms with Crippen LogP contribution >= 0.6 is 0 Å². The van der Waals surface area contributed by atoms with Crippen molar-refractivity contribution >= 4 is 17.8 Å². The van der Waals surface area contributed by atoms with E-state index in [1.807, 2.05) is 36.4 Å². The number of aliphatic hydroxyl groups is 2. The summed E-state index contributed by atoms with van der Waals surface area (Å²) >= 11 is 0. The molecular weight excluding hydrogens is 556 g/mol. The summed E-state index contributed by atoms with van der Waals surface area (Å²) in [7, 11) is 0. The van der Waals surface area contributed by atoms with E-state index in [1.165, 1.54) is 6.42 Å². The van der Waals surface area contributed by atoms with Crippen LogP contribution in [-0.4, -0.2) is 51.8 Å². The van der Waals surface area contributed by atoms with Crippen molar-refractivity contribution in [1.82, 2.24) is 5.32 Å². The van der Waals surface area contributed by atoms with E-state index in [9.17, 15) is 24.6 Å². The monoisotopic (exact) mass is 612 g/mol. The number of ether oxygens (including phenoxy) is 1. The molecule has 1 aliphatic rings. The fourth-order valence-corrected chi connectivity index (χ4v) is 6.16. The molecule has 0 aromatic heterocycles. The van der Waals surface area contributed by atoms with Gasteiger partial charge in [-0.3, -0.25) is 9.59 Å². The molecule has 0 radical (unpaired) electrons. The summed E-state index contributed by atoms with van der Waals surface area (Å²) in [6.07, 6.45) is 8.24. The predicted molar refractivity (Wildman–Crippen MR) is 175 cm³/mol. The molecule has 2 rings (SSSR count). The molecule has 44 heavy (non-hydrogen) atoms. The highest BCUT2D eigenvalue weighted by Gasteiger charge is 2.33. The fraction of sp³-hybridized carbons (Fsp3) is 0.639. The van der Waals surface area contributed by atoms with Crippen LogP contribution in [0, 0.1) is 17.8 Å². The second kappa shape index (κ2) is 18.7. The zero-order valence-electron chi connectivity index (χ0n) is 27.1. The Morgan fingerprint density at radius 1 is 1.07 bits per heavy atom. The maximum absolute atomic E-state index is 14.0. The number of hydrogen-bond donors (Lipinski definition) is 4. The molecule has 5 atom stereocenters. The van der Waals surface area contributed by atoms with E-state index in [0.717, 1.165) is 44.1 Å². The number of aliphatic hydroxyl groups excluding tert-OH is 2. The SMILES string of the molecule is C=CCCCC(CC(O)C(Cc1ccccc1)NC(=O)OC(C)(C)C)C(=O)CC(CC1CCCCC1)C(O)CC(=C)C(N)=O. The van der Waals surface area contributed by atoms with Crippen molar-refractivity contribution in [3.8, 4) is 0 Å². The maximum atomic E-state index is 14.0. The first-order valence-electron chi connectivity index (χ1n) is 16.3. The third kappa shape index (κ3) is 14.2. The second-order valence-electron chi connectivity index (χ2n) is 13.6. The number of benzene rings is 1. The third-order valence-electron chi connectivity index (χ3n) is 8.58. The van der Waals surface area contributed by atoms with Crippen LogP contribution in [0.5, 0.6) is 0 Å². The Morgan fingerprint density at radius 2 is 1.73 bits per heavy atom. The lowest BCUT2D eigenvalue weighted by Gasteiger charge is -2.31. The van der Waals surface area contributed by atoms with Gasteiger partial charge < -0.3 is 26.0 Å². The molecule has 2 amide bonds. The quantitative estimate of drug-likeness (QED) is 0.0836. The summed E-state index contributed by atoms with van der Waals surface area (Å²) in [5.41, 5.74) is 5.78. The lowest BCUT2D eigenvalue weighted by atomic mass is 9.76. The lowest BCUT2D eigenvalue weighted by molar-refractivity contribution is -0.126. The van der Waals surface area contributed by atoms with Gasteiger partial charge in [-0.25, -0.2) is 4.79 Å². The van der Waals surface area contributed by atoms with E-state index in [1.54, 1.807) is 20.8 Å². The largest absolute Gasteiger partial charge is 0.444 e. The summed E-state index contributed by atoms with van der Waals surface area (Å²) in [5, 5.41) is 25.6. The van der Waals surface area contributed by atoms with Crippen molar-refractivity contribution in [2.75, 3.05) is 0 Å². The minimum Gasteiger partial charge on any atom is -0.444 e. The first-order valence-corrected chi connectivity index (χ1v) is 16.3. The molecule has 0 aliphatic heterocycles. The number of alkyl carbamates (subject to hydrolysis) is 1. The lowest BCUT2D eigenvalue weighted by Crippen LogP contribution is -2.47. The average molecular weight is 613 g/mol. The molecule has 1 aromatic carbocycles. The molecule has 0 spiro atoms. The number of ketones is 1. The number of unbranched alkanes of at least 4 members (excludes halogenated alkanes) is 1. The van der Waals surface area contributed by atoms with Gasteiger partial charge in [-0.1, -0.05) is 75.1 Å². The average Bonchev–Trinajstić information content (AvgIpc) is 2.96. The Morgan fingerprint density at radius 3 is 2.32 bits per heavy atom. The Bertz CT molecular complexity index is 1060. The number of hydrogen-bond acceptors (Lipinski definition) is 6. The number of nitrogens with one attached hydrogen (secondary N) is 1. The zero-order valence-corrected chi connectivity index (χ0v) is 27.1. The zero-order chi connectivity index (χ0) is 32.7. The summed E-state index contributed by atoms with van der Waals surface area (Å²) in [4.78, 5) is 38.4. The van der Waals surface area contributed by atoms with Crippen LogP contribution in [0.15, 0.2) is 55.1 Å². The molecule has 1 fully saturated rings. The Balaban J connectivity index is 2.26. The van der Waals surface area contributed by atoms with Gasteiger partial charge in [0.25, 0.3) is 0 Å². The van der Waals surface area contributed by atoms with Gasteiger partial charge in [-0.15, -0.1) is 6.58 Å². The normalized spacial score (nSPS) is 17.5. The van der Waals surface area contributed by atoms with Crippen LogP contribution < -0.4 is 11.1 Å². The van der Waals surface area contributed by atoms with E-state index in [4.69, 9.17) is 10.5 Å². The van der Waals surface area contributed by atoms with E-state index < -0.39 is 41.8 Å².